The summed E-state index contributed by atoms with van der Waals surface area (Å²) in [4.78, 5) is 2.40. The number of benzene rings is 1. The van der Waals surface area contributed by atoms with Crippen LogP contribution in [0.1, 0.15) is 52.8 Å². The Labute approximate surface area is 148 Å². The van der Waals surface area contributed by atoms with Crippen molar-refractivity contribution in [1.29, 1.82) is 0 Å². The zero-order chi connectivity index (χ0) is 18.3. The van der Waals surface area contributed by atoms with E-state index < -0.39 is 0 Å². The summed E-state index contributed by atoms with van der Waals surface area (Å²) < 4.78 is 4.91. The average molecular weight is 331 g/mol. The van der Waals surface area contributed by atoms with Crippen LogP contribution in [0.25, 0.3) is 10.9 Å². The summed E-state index contributed by atoms with van der Waals surface area (Å²) in [6.07, 6.45) is 1.16. The van der Waals surface area contributed by atoms with Crippen molar-refractivity contribution in [2.75, 3.05) is 27.2 Å². The van der Waals surface area contributed by atoms with Crippen LogP contribution in [0.2, 0.25) is 0 Å². The van der Waals surface area contributed by atoms with Gasteiger partial charge in [-0.2, -0.15) is 0 Å². The molecule has 24 heavy (non-hydrogen) atoms. The lowest BCUT2D eigenvalue weighted by atomic mass is 10.0. The summed E-state index contributed by atoms with van der Waals surface area (Å²) in [5.41, 5.74) is 4.41. The van der Waals surface area contributed by atoms with E-state index in [0.717, 1.165) is 26.1 Å². The molecule has 0 aliphatic carbocycles. The van der Waals surface area contributed by atoms with E-state index in [4.69, 9.17) is 0 Å². The van der Waals surface area contributed by atoms with Crippen LogP contribution in [-0.2, 0) is 13.0 Å². The van der Waals surface area contributed by atoms with Crippen molar-refractivity contribution in [3.05, 3.63) is 35.5 Å². The van der Waals surface area contributed by atoms with Gasteiger partial charge in [0, 0.05) is 17.3 Å². The van der Waals surface area contributed by atoms with Crippen LogP contribution in [0, 0.1) is 0 Å². The van der Waals surface area contributed by atoms with Gasteiger partial charge < -0.3 is 4.57 Å². The number of amidine groups is 1. The van der Waals surface area contributed by atoms with Crippen LogP contribution in [0.4, 0.5) is 0 Å². The molecule has 3 heterocycles. The highest BCUT2D eigenvalue weighted by Crippen LogP contribution is 2.31. The molecule has 4 rings (SSSR count). The maximum absolute atomic E-state index is 2.51. The molecule has 0 N–H and O–H groups in total. The van der Waals surface area contributed by atoms with Crippen LogP contribution >= 0.6 is 0 Å². The first-order valence-corrected chi connectivity index (χ1v) is 9.67. The van der Waals surface area contributed by atoms with Gasteiger partial charge in [0.15, 0.2) is 0 Å². The molecule has 0 bridgehead atoms. The van der Waals surface area contributed by atoms with Crippen LogP contribution < -0.4 is 0 Å². The van der Waals surface area contributed by atoms with Gasteiger partial charge in [0.05, 0.1) is 27.2 Å². The van der Waals surface area contributed by atoms with Gasteiger partial charge in [0.25, 0.3) is 5.84 Å². The highest BCUT2D eigenvalue weighted by Gasteiger charge is 2.35. The number of rotatable bonds is 0. The van der Waals surface area contributed by atoms with E-state index >= 15 is 0 Å². The first kappa shape index (κ1) is 20.3. The monoisotopic (exact) mass is 330 g/mol. The highest BCUT2D eigenvalue weighted by molar-refractivity contribution is 6.03. The lowest BCUT2D eigenvalue weighted by Crippen LogP contribution is -2.45. The van der Waals surface area contributed by atoms with Crippen molar-refractivity contribution in [3.63, 3.8) is 0 Å². The minimum Gasteiger partial charge on any atom is -0.330 e. The smallest absolute Gasteiger partial charge is 0.296 e. The van der Waals surface area contributed by atoms with Crippen molar-refractivity contribution in [2.45, 2.75) is 54.5 Å². The fourth-order valence-corrected chi connectivity index (χ4v) is 3.51. The summed E-state index contributed by atoms with van der Waals surface area (Å²) in [7, 11) is 4.42. The van der Waals surface area contributed by atoms with Crippen molar-refractivity contribution < 1.29 is 4.58 Å². The largest absolute Gasteiger partial charge is 0.330 e. The third kappa shape index (κ3) is 3.35. The number of likely N-dealkylation sites (N-methyl/N-ethyl adjacent to an activating group) is 2. The second kappa shape index (κ2) is 9.51. The molecule has 0 spiro atoms. The predicted octanol–water partition coefficient (Wildman–Crippen LogP) is 4.61. The molecule has 1 aromatic heterocycles. The molecule has 0 atom stereocenters. The Morgan fingerprint density at radius 3 is 2.21 bits per heavy atom. The SMILES string of the molecule is CC.CC.CC.CN1CCn2c3c(c4ccccc42)CC[N+](C)=C31. The molecular formula is C21H36N3+. The molecule has 134 valence electrons. The molecule has 0 amide bonds. The maximum atomic E-state index is 2.51. The maximum Gasteiger partial charge on any atom is 0.296 e. The van der Waals surface area contributed by atoms with Crippen molar-refractivity contribution in [2.24, 2.45) is 0 Å². The lowest BCUT2D eigenvalue weighted by Gasteiger charge is -2.27. The number of hydrogen-bond acceptors (Lipinski definition) is 1. The van der Waals surface area contributed by atoms with Gasteiger partial charge in [-0.1, -0.05) is 59.7 Å². The second-order valence-corrected chi connectivity index (χ2v) is 5.41. The van der Waals surface area contributed by atoms with Gasteiger partial charge >= 0.3 is 0 Å². The standard InChI is InChI=1S/C15H18N3.3C2H6/c1-16-8-7-12-11-5-3-4-6-13(11)18-10-9-17(2)15(16)14(12)18;3*1-2/h3-6H,7-10H2,1-2H3;3*1-2H3/q+1;;;. The molecule has 1 aromatic carbocycles. The normalized spacial score (nSPS) is 14.6. The lowest BCUT2D eigenvalue weighted by molar-refractivity contribution is -0.503. The van der Waals surface area contributed by atoms with E-state index in [1.54, 1.807) is 5.56 Å². The Morgan fingerprint density at radius 2 is 1.54 bits per heavy atom. The minimum atomic E-state index is 1.10. The van der Waals surface area contributed by atoms with Gasteiger partial charge in [-0.15, -0.1) is 0 Å². The minimum absolute atomic E-state index is 1.10. The van der Waals surface area contributed by atoms with E-state index in [1.807, 2.05) is 41.5 Å². The molecule has 2 aromatic rings. The summed E-state index contributed by atoms with van der Waals surface area (Å²) in [6, 6.07) is 8.85. The van der Waals surface area contributed by atoms with Crippen LogP contribution in [0.15, 0.2) is 24.3 Å². The summed E-state index contributed by atoms with van der Waals surface area (Å²) >= 11 is 0. The van der Waals surface area contributed by atoms with Crippen LogP contribution in [0.5, 0.6) is 0 Å². The van der Waals surface area contributed by atoms with Crippen molar-refractivity contribution in [1.82, 2.24) is 9.47 Å². The molecule has 0 saturated heterocycles. The van der Waals surface area contributed by atoms with Crippen molar-refractivity contribution >= 4 is 16.7 Å². The van der Waals surface area contributed by atoms with Gasteiger partial charge in [-0.3, -0.25) is 9.48 Å². The Morgan fingerprint density at radius 1 is 0.917 bits per heavy atom. The fourth-order valence-electron chi connectivity index (χ4n) is 3.51. The Bertz CT molecular complexity index is 665. The Hall–Kier alpha value is -1.77. The van der Waals surface area contributed by atoms with Crippen LogP contribution in [-0.4, -0.2) is 47.1 Å². The molecule has 0 unspecified atom stereocenters. The van der Waals surface area contributed by atoms with E-state index in [0.29, 0.717) is 0 Å². The Kier molecular flexibility index (Phi) is 8.03. The van der Waals surface area contributed by atoms with E-state index in [9.17, 15) is 0 Å². The molecule has 2 aliphatic rings. The molecule has 2 aliphatic heterocycles. The third-order valence-electron chi connectivity index (χ3n) is 4.37. The number of nitrogens with zero attached hydrogens (tertiary/aromatic N) is 3. The summed E-state index contributed by atoms with van der Waals surface area (Å²) in [5.74, 6) is 1.40. The van der Waals surface area contributed by atoms with Gasteiger partial charge in [0.1, 0.15) is 12.2 Å². The van der Waals surface area contributed by atoms with Gasteiger partial charge in [-0.25, -0.2) is 0 Å². The Balaban J connectivity index is 0.000000436. The third-order valence-corrected chi connectivity index (χ3v) is 4.37. The molecule has 3 nitrogen and oxygen atoms in total. The first-order chi connectivity index (χ1) is 11.8. The molecule has 0 saturated carbocycles. The van der Waals surface area contributed by atoms with E-state index in [-0.39, 0.29) is 0 Å². The molecular weight excluding hydrogens is 294 g/mol. The summed E-state index contributed by atoms with van der Waals surface area (Å²) in [6.45, 7) is 15.3. The number of aromatic nitrogens is 1. The topological polar surface area (TPSA) is 11.2 Å². The molecule has 0 fully saturated rings. The zero-order valence-corrected chi connectivity index (χ0v) is 17.0. The molecule has 0 radical (unpaired) electrons. The average Bonchev–Trinajstić information content (AvgIpc) is 2.99. The summed E-state index contributed by atoms with van der Waals surface area (Å²) in [5, 5.41) is 1.45. The number of para-hydroxylation sites is 1. The van der Waals surface area contributed by atoms with Crippen molar-refractivity contribution in [3.8, 4) is 0 Å². The quantitative estimate of drug-likeness (QED) is 0.642. The predicted molar refractivity (Wildman–Crippen MR) is 107 cm³/mol. The zero-order valence-electron chi connectivity index (χ0n) is 17.0. The fraction of sp³-hybridized carbons (Fsp3) is 0.571. The molecule has 3 heteroatoms. The first-order valence-electron chi connectivity index (χ1n) is 9.67. The van der Waals surface area contributed by atoms with E-state index in [1.165, 1.54) is 22.4 Å². The number of fused-ring (bicyclic) bond motifs is 3. The number of hydrogen-bond donors (Lipinski definition) is 0. The second-order valence-electron chi connectivity index (χ2n) is 5.41. The highest BCUT2D eigenvalue weighted by atomic mass is 15.3. The van der Waals surface area contributed by atoms with Gasteiger partial charge in [-0.05, 0) is 11.6 Å². The van der Waals surface area contributed by atoms with Gasteiger partial charge in [0.2, 0.25) is 0 Å². The van der Waals surface area contributed by atoms with E-state index in [2.05, 4.69) is 52.4 Å². The van der Waals surface area contributed by atoms with Crippen LogP contribution in [0.3, 0.4) is 0 Å².